The molecule has 0 fully saturated rings. The van der Waals surface area contributed by atoms with Gasteiger partial charge in [-0.15, -0.1) is 0 Å². The third-order valence-electron chi connectivity index (χ3n) is 2.99. The predicted molar refractivity (Wildman–Crippen MR) is 85.7 cm³/mol. The maximum absolute atomic E-state index is 12.3. The lowest BCUT2D eigenvalue weighted by molar-refractivity contribution is 0.102. The second-order valence-electron chi connectivity index (χ2n) is 4.99. The number of rotatable bonds is 4. The van der Waals surface area contributed by atoms with Crippen molar-refractivity contribution in [3.05, 3.63) is 59.6 Å². The molecule has 0 aliphatic carbocycles. The highest BCUT2D eigenvalue weighted by atomic mass is 16.5. The summed E-state index contributed by atoms with van der Waals surface area (Å²) >= 11 is 0. The normalized spacial score (nSPS) is 10.3. The molecule has 1 amide bonds. The van der Waals surface area contributed by atoms with Gasteiger partial charge in [-0.1, -0.05) is 23.4 Å². The van der Waals surface area contributed by atoms with E-state index in [4.69, 9.17) is 4.52 Å². The number of hydrogen-bond acceptors (Lipinski definition) is 6. The van der Waals surface area contributed by atoms with E-state index in [1.165, 1.54) is 0 Å². The zero-order valence-electron chi connectivity index (χ0n) is 12.7. The van der Waals surface area contributed by atoms with Crippen molar-refractivity contribution in [1.82, 2.24) is 15.1 Å². The van der Waals surface area contributed by atoms with Gasteiger partial charge >= 0.3 is 0 Å². The Morgan fingerprint density at radius 1 is 1.09 bits per heavy atom. The molecule has 0 atom stereocenters. The van der Waals surface area contributed by atoms with Crippen LogP contribution < -0.4 is 10.6 Å². The second kappa shape index (κ2) is 6.27. The minimum Gasteiger partial charge on any atom is -0.360 e. The van der Waals surface area contributed by atoms with Gasteiger partial charge in [-0.25, -0.2) is 9.97 Å². The largest absolute Gasteiger partial charge is 0.360 e. The van der Waals surface area contributed by atoms with E-state index in [0.29, 0.717) is 23.0 Å². The molecule has 23 heavy (non-hydrogen) atoms. The fraction of sp³-hybridized carbons (Fsp3) is 0.125. The molecule has 0 aliphatic rings. The lowest BCUT2D eigenvalue weighted by Gasteiger charge is -2.07. The molecular weight excluding hydrogens is 294 g/mol. The van der Waals surface area contributed by atoms with Crippen molar-refractivity contribution >= 4 is 23.4 Å². The SMILES string of the molecule is Cc1cc(C(=O)Nc2ccccc2)nc(Nc2cc(C)on2)n1. The Hall–Kier alpha value is -3.22. The molecular formula is C16H15N5O2. The maximum Gasteiger partial charge on any atom is 0.274 e. The Morgan fingerprint density at radius 3 is 2.57 bits per heavy atom. The fourth-order valence-corrected chi connectivity index (χ4v) is 2.00. The van der Waals surface area contributed by atoms with Crippen LogP contribution in [0, 0.1) is 13.8 Å². The molecule has 3 rings (SSSR count). The van der Waals surface area contributed by atoms with Gasteiger partial charge in [0, 0.05) is 17.4 Å². The number of nitrogens with one attached hydrogen (secondary N) is 2. The van der Waals surface area contributed by atoms with E-state index in [1.54, 1.807) is 26.0 Å². The van der Waals surface area contributed by atoms with Gasteiger partial charge in [-0.2, -0.15) is 0 Å². The lowest BCUT2D eigenvalue weighted by Crippen LogP contribution is -2.15. The monoisotopic (exact) mass is 309 g/mol. The quantitative estimate of drug-likeness (QED) is 0.769. The van der Waals surface area contributed by atoms with Gasteiger partial charge in [0.05, 0.1) is 0 Å². The van der Waals surface area contributed by atoms with Crippen LogP contribution in [0.2, 0.25) is 0 Å². The van der Waals surface area contributed by atoms with Gasteiger partial charge in [0.25, 0.3) is 5.91 Å². The summed E-state index contributed by atoms with van der Waals surface area (Å²) < 4.78 is 4.98. The first-order chi connectivity index (χ1) is 11.1. The zero-order chi connectivity index (χ0) is 16.2. The summed E-state index contributed by atoms with van der Waals surface area (Å²) in [4.78, 5) is 20.8. The van der Waals surface area contributed by atoms with Crippen LogP contribution in [-0.4, -0.2) is 21.0 Å². The molecule has 7 nitrogen and oxygen atoms in total. The number of anilines is 3. The van der Waals surface area contributed by atoms with Crippen LogP contribution in [0.1, 0.15) is 21.9 Å². The third kappa shape index (κ3) is 3.70. The van der Waals surface area contributed by atoms with Gasteiger partial charge in [0.2, 0.25) is 5.95 Å². The van der Waals surface area contributed by atoms with Crippen LogP contribution in [0.15, 0.2) is 47.0 Å². The Balaban J connectivity index is 1.81. The second-order valence-corrected chi connectivity index (χ2v) is 4.99. The predicted octanol–water partition coefficient (Wildman–Crippen LogP) is 3.08. The average Bonchev–Trinajstić information content (AvgIpc) is 2.92. The molecule has 1 aromatic carbocycles. The third-order valence-corrected chi connectivity index (χ3v) is 2.99. The van der Waals surface area contributed by atoms with Gasteiger partial charge in [0.1, 0.15) is 11.5 Å². The first-order valence-corrected chi connectivity index (χ1v) is 7.02. The Morgan fingerprint density at radius 2 is 1.87 bits per heavy atom. The lowest BCUT2D eigenvalue weighted by atomic mass is 10.3. The summed E-state index contributed by atoms with van der Waals surface area (Å²) in [5.74, 6) is 1.14. The highest BCUT2D eigenvalue weighted by Crippen LogP contribution is 2.14. The molecule has 7 heteroatoms. The highest BCUT2D eigenvalue weighted by molar-refractivity contribution is 6.03. The van der Waals surface area contributed by atoms with Crippen molar-refractivity contribution in [2.24, 2.45) is 0 Å². The first-order valence-electron chi connectivity index (χ1n) is 7.02. The van der Waals surface area contributed by atoms with Crippen LogP contribution in [0.4, 0.5) is 17.5 Å². The van der Waals surface area contributed by atoms with Crippen molar-refractivity contribution in [2.45, 2.75) is 13.8 Å². The van der Waals surface area contributed by atoms with Crippen LogP contribution >= 0.6 is 0 Å². The number of carbonyl (C=O) groups is 1. The van der Waals surface area contributed by atoms with Crippen molar-refractivity contribution in [3.63, 3.8) is 0 Å². The maximum atomic E-state index is 12.3. The fourth-order valence-electron chi connectivity index (χ4n) is 2.00. The summed E-state index contributed by atoms with van der Waals surface area (Å²) in [7, 11) is 0. The van der Waals surface area contributed by atoms with Crippen molar-refractivity contribution in [2.75, 3.05) is 10.6 Å². The standard InChI is InChI=1S/C16H15N5O2/c1-10-8-13(15(22)18-12-6-4-3-5-7-12)19-16(17-10)20-14-9-11(2)23-21-14/h3-9H,1-2H3,(H,18,22)(H,17,19,20,21). The number of para-hydroxylation sites is 1. The molecule has 2 heterocycles. The Labute approximate surface area is 132 Å². The van der Waals surface area contributed by atoms with Crippen molar-refractivity contribution in [1.29, 1.82) is 0 Å². The average molecular weight is 309 g/mol. The van der Waals surface area contributed by atoms with Crippen molar-refractivity contribution < 1.29 is 9.32 Å². The molecule has 2 N–H and O–H groups in total. The number of nitrogens with zero attached hydrogens (tertiary/aromatic N) is 3. The molecule has 0 bridgehead atoms. The number of carbonyl (C=O) groups excluding carboxylic acids is 1. The molecule has 0 spiro atoms. The van der Waals surface area contributed by atoms with E-state index in [1.807, 2.05) is 30.3 Å². The number of aryl methyl sites for hydroxylation is 2. The molecule has 0 unspecified atom stereocenters. The number of benzene rings is 1. The summed E-state index contributed by atoms with van der Waals surface area (Å²) in [6, 6.07) is 12.5. The molecule has 0 saturated carbocycles. The number of aromatic nitrogens is 3. The summed E-state index contributed by atoms with van der Waals surface area (Å²) in [6.45, 7) is 3.58. The Bertz CT molecular complexity index is 829. The molecule has 0 saturated heterocycles. The smallest absolute Gasteiger partial charge is 0.274 e. The summed E-state index contributed by atoms with van der Waals surface area (Å²) in [6.07, 6.45) is 0. The topological polar surface area (TPSA) is 92.9 Å². The molecule has 3 aromatic rings. The minimum absolute atomic E-state index is 0.268. The van der Waals surface area contributed by atoms with Crippen LogP contribution in [-0.2, 0) is 0 Å². The minimum atomic E-state index is -0.305. The molecule has 2 aromatic heterocycles. The van der Waals surface area contributed by atoms with Crippen LogP contribution in [0.5, 0.6) is 0 Å². The Kier molecular flexibility index (Phi) is 4.01. The number of amides is 1. The molecule has 0 radical (unpaired) electrons. The van der Waals surface area contributed by atoms with E-state index in [2.05, 4.69) is 25.8 Å². The highest BCUT2D eigenvalue weighted by Gasteiger charge is 2.12. The van der Waals surface area contributed by atoms with Gasteiger partial charge in [-0.3, -0.25) is 4.79 Å². The molecule has 0 aliphatic heterocycles. The molecule has 116 valence electrons. The van der Waals surface area contributed by atoms with E-state index in [-0.39, 0.29) is 17.5 Å². The van der Waals surface area contributed by atoms with Crippen molar-refractivity contribution in [3.8, 4) is 0 Å². The van der Waals surface area contributed by atoms with E-state index < -0.39 is 0 Å². The summed E-state index contributed by atoms with van der Waals surface area (Å²) in [5.41, 5.74) is 1.64. The first kappa shape index (κ1) is 14.7. The van der Waals surface area contributed by atoms with E-state index in [9.17, 15) is 4.79 Å². The van der Waals surface area contributed by atoms with Crippen LogP contribution in [0.3, 0.4) is 0 Å². The number of hydrogen-bond donors (Lipinski definition) is 2. The van der Waals surface area contributed by atoms with E-state index in [0.717, 1.165) is 0 Å². The van der Waals surface area contributed by atoms with E-state index >= 15 is 0 Å². The summed E-state index contributed by atoms with van der Waals surface area (Å²) in [5, 5.41) is 9.52. The van der Waals surface area contributed by atoms with Gasteiger partial charge in [-0.05, 0) is 32.0 Å². The van der Waals surface area contributed by atoms with Crippen LogP contribution in [0.25, 0.3) is 0 Å². The zero-order valence-corrected chi connectivity index (χ0v) is 12.7. The van der Waals surface area contributed by atoms with Gasteiger partial charge in [0.15, 0.2) is 5.82 Å². The van der Waals surface area contributed by atoms with Gasteiger partial charge < -0.3 is 15.2 Å².